The topological polar surface area (TPSA) is 89.2 Å². The molecule has 9 nitrogen and oxygen atoms in total. The molecule has 5 rings (SSSR count). The van der Waals surface area contributed by atoms with E-state index in [1.165, 1.54) is 11.1 Å². The van der Waals surface area contributed by atoms with Crippen molar-refractivity contribution in [1.29, 1.82) is 0 Å². The SMILES string of the molecule is CN[C@@H](C)C(=O)NC(C(=O)N1CCCC1C1=CN2C=CC=C(c3ccc(N(C)C)cc3)C2N1)C1CCOCC1. The predicted molar refractivity (Wildman–Crippen MR) is 153 cm³/mol. The summed E-state index contributed by atoms with van der Waals surface area (Å²) in [6.45, 7) is 3.75. The molecule has 4 aliphatic rings. The van der Waals surface area contributed by atoms with E-state index in [9.17, 15) is 9.59 Å². The Morgan fingerprint density at radius 1 is 1.13 bits per heavy atom. The zero-order chi connectivity index (χ0) is 27.5. The van der Waals surface area contributed by atoms with Crippen LogP contribution in [-0.4, -0.2) is 86.8 Å². The van der Waals surface area contributed by atoms with E-state index in [-0.39, 0.29) is 36.0 Å². The molecule has 39 heavy (non-hydrogen) atoms. The minimum Gasteiger partial charge on any atom is -0.381 e. The van der Waals surface area contributed by atoms with Crippen LogP contribution in [0.4, 0.5) is 5.69 Å². The predicted octanol–water partition coefficient (Wildman–Crippen LogP) is 2.25. The molecule has 2 amide bonds. The highest BCUT2D eigenvalue weighted by molar-refractivity contribution is 5.90. The smallest absolute Gasteiger partial charge is 0.246 e. The number of carbonyl (C=O) groups excluding carboxylic acids is 2. The molecular formula is C30H42N6O3. The van der Waals surface area contributed by atoms with E-state index in [0.29, 0.717) is 19.8 Å². The standard InChI is InChI=1S/C30H42N6O3/c1-20(31-2)29(37)33-27(22-13-17-39-18-14-22)30(38)36-16-6-8-26(36)25-19-35-15-5-7-24(28(35)32-25)21-9-11-23(12-10-21)34(3)4/h5,7,9-12,15,19-20,22,26-28,31-32H,6,8,13-14,16-18H2,1-4H3,(H,33,37)/t20-,26?,27?,28?/m0/s1. The lowest BCUT2D eigenvalue weighted by Crippen LogP contribution is -2.57. The summed E-state index contributed by atoms with van der Waals surface area (Å²) in [6.07, 6.45) is 11.8. The maximum Gasteiger partial charge on any atom is 0.246 e. The van der Waals surface area contributed by atoms with E-state index in [2.05, 4.69) is 74.6 Å². The van der Waals surface area contributed by atoms with E-state index in [0.717, 1.165) is 37.1 Å². The van der Waals surface area contributed by atoms with Gasteiger partial charge >= 0.3 is 0 Å². The summed E-state index contributed by atoms with van der Waals surface area (Å²) in [5.41, 5.74) is 4.57. The van der Waals surface area contributed by atoms with Crippen LogP contribution in [-0.2, 0) is 14.3 Å². The minimum absolute atomic E-state index is 0.0132. The molecule has 210 valence electrons. The van der Waals surface area contributed by atoms with Crippen LogP contribution in [0.5, 0.6) is 0 Å². The van der Waals surface area contributed by atoms with Crippen LogP contribution in [0.3, 0.4) is 0 Å². The van der Waals surface area contributed by atoms with Gasteiger partial charge in [0.25, 0.3) is 0 Å². The van der Waals surface area contributed by atoms with Gasteiger partial charge in [0.15, 0.2) is 0 Å². The van der Waals surface area contributed by atoms with Crippen molar-refractivity contribution in [3.05, 3.63) is 60.1 Å². The Kier molecular flexibility index (Phi) is 8.28. The van der Waals surface area contributed by atoms with Gasteiger partial charge in [0.2, 0.25) is 11.8 Å². The second-order valence-electron chi connectivity index (χ2n) is 11.1. The molecule has 3 N–H and O–H groups in total. The number of hydrogen-bond donors (Lipinski definition) is 3. The highest BCUT2D eigenvalue weighted by Crippen LogP contribution is 2.34. The molecule has 0 saturated carbocycles. The maximum absolute atomic E-state index is 14.1. The lowest BCUT2D eigenvalue weighted by molar-refractivity contribution is -0.139. The first-order valence-corrected chi connectivity index (χ1v) is 14.1. The molecule has 0 spiro atoms. The van der Waals surface area contributed by atoms with Crippen molar-refractivity contribution >= 4 is 23.1 Å². The Bertz CT molecular complexity index is 1140. The zero-order valence-electron chi connectivity index (χ0n) is 23.5. The molecule has 4 atom stereocenters. The third-order valence-electron chi connectivity index (χ3n) is 8.46. The molecule has 4 aliphatic heterocycles. The molecule has 9 heteroatoms. The van der Waals surface area contributed by atoms with Crippen molar-refractivity contribution in [2.45, 2.75) is 56.9 Å². The number of likely N-dealkylation sites (tertiary alicyclic amines) is 1. The fraction of sp³-hybridized carbons (Fsp3) is 0.533. The van der Waals surface area contributed by atoms with Crippen LogP contribution in [0.15, 0.2) is 54.5 Å². The van der Waals surface area contributed by atoms with Crippen molar-refractivity contribution in [2.24, 2.45) is 5.92 Å². The fourth-order valence-electron chi connectivity index (χ4n) is 5.97. The van der Waals surface area contributed by atoms with Crippen LogP contribution in [0.2, 0.25) is 0 Å². The molecule has 0 radical (unpaired) electrons. The number of fused-ring (bicyclic) bond motifs is 1. The van der Waals surface area contributed by atoms with Gasteiger partial charge < -0.3 is 35.4 Å². The number of hydrogen-bond acceptors (Lipinski definition) is 7. The average molecular weight is 535 g/mol. The molecule has 0 aromatic heterocycles. The van der Waals surface area contributed by atoms with Gasteiger partial charge in [-0.15, -0.1) is 0 Å². The second kappa shape index (κ2) is 11.8. The lowest BCUT2D eigenvalue weighted by atomic mass is 9.90. The first-order valence-electron chi connectivity index (χ1n) is 14.1. The average Bonchev–Trinajstić information content (AvgIpc) is 3.63. The minimum atomic E-state index is -0.548. The highest BCUT2D eigenvalue weighted by Gasteiger charge is 2.42. The number of nitrogens with one attached hydrogen (secondary N) is 3. The second-order valence-corrected chi connectivity index (χ2v) is 11.1. The number of amides is 2. The van der Waals surface area contributed by atoms with Crippen molar-refractivity contribution in [2.75, 3.05) is 45.8 Å². The number of carbonyl (C=O) groups is 2. The summed E-state index contributed by atoms with van der Waals surface area (Å²) in [4.78, 5) is 33.2. The molecule has 2 saturated heterocycles. The summed E-state index contributed by atoms with van der Waals surface area (Å²) in [5.74, 6) is -0.0622. The van der Waals surface area contributed by atoms with E-state index in [4.69, 9.17) is 4.74 Å². The van der Waals surface area contributed by atoms with Gasteiger partial charge in [-0.05, 0) is 69.3 Å². The molecule has 4 heterocycles. The van der Waals surface area contributed by atoms with Gasteiger partial charge in [0, 0.05) is 57.5 Å². The number of likely N-dealkylation sites (N-methyl/N-ethyl adjacent to an activating group) is 1. The number of nitrogens with zero attached hydrogens (tertiary/aromatic N) is 3. The van der Waals surface area contributed by atoms with E-state index in [1.807, 2.05) is 25.9 Å². The van der Waals surface area contributed by atoms with Crippen LogP contribution in [0, 0.1) is 5.92 Å². The van der Waals surface area contributed by atoms with E-state index in [1.54, 1.807) is 7.05 Å². The number of anilines is 1. The van der Waals surface area contributed by atoms with Crippen molar-refractivity contribution in [1.82, 2.24) is 25.8 Å². The van der Waals surface area contributed by atoms with Gasteiger partial charge in [0.1, 0.15) is 12.2 Å². The van der Waals surface area contributed by atoms with E-state index < -0.39 is 6.04 Å². The molecule has 2 fully saturated rings. The van der Waals surface area contributed by atoms with Crippen molar-refractivity contribution < 1.29 is 14.3 Å². The number of allylic oxidation sites excluding steroid dienone is 2. The molecule has 3 unspecified atom stereocenters. The third-order valence-corrected chi connectivity index (χ3v) is 8.46. The van der Waals surface area contributed by atoms with Crippen LogP contribution >= 0.6 is 0 Å². The fourth-order valence-corrected chi connectivity index (χ4v) is 5.97. The number of benzene rings is 1. The van der Waals surface area contributed by atoms with Gasteiger partial charge in [-0.3, -0.25) is 9.59 Å². The lowest BCUT2D eigenvalue weighted by Gasteiger charge is -2.36. The molecule has 0 aliphatic carbocycles. The number of ether oxygens (including phenoxy) is 1. The summed E-state index contributed by atoms with van der Waals surface area (Å²) in [6, 6.07) is 7.64. The Labute approximate surface area is 231 Å². The summed E-state index contributed by atoms with van der Waals surface area (Å²) >= 11 is 0. The Balaban J connectivity index is 1.33. The molecule has 1 aromatic carbocycles. The van der Waals surface area contributed by atoms with Gasteiger partial charge in [-0.2, -0.15) is 0 Å². The van der Waals surface area contributed by atoms with Gasteiger partial charge in [-0.25, -0.2) is 0 Å². The van der Waals surface area contributed by atoms with Gasteiger partial charge in [-0.1, -0.05) is 18.2 Å². The Morgan fingerprint density at radius 2 is 1.87 bits per heavy atom. The Hall–Kier alpha value is -3.30. The summed E-state index contributed by atoms with van der Waals surface area (Å²) < 4.78 is 5.56. The summed E-state index contributed by atoms with van der Waals surface area (Å²) in [7, 11) is 5.84. The van der Waals surface area contributed by atoms with Crippen LogP contribution in [0.1, 0.15) is 38.2 Å². The normalized spacial score (nSPS) is 24.4. The van der Waals surface area contributed by atoms with Crippen LogP contribution < -0.4 is 20.9 Å². The monoisotopic (exact) mass is 534 g/mol. The first kappa shape index (κ1) is 27.3. The quantitative estimate of drug-likeness (QED) is 0.472. The third kappa shape index (κ3) is 5.70. The largest absolute Gasteiger partial charge is 0.381 e. The molecule has 1 aromatic rings. The summed E-state index contributed by atoms with van der Waals surface area (Å²) in [5, 5.41) is 9.82. The molecule has 0 bridgehead atoms. The van der Waals surface area contributed by atoms with Crippen molar-refractivity contribution in [3.63, 3.8) is 0 Å². The Morgan fingerprint density at radius 3 is 2.56 bits per heavy atom. The maximum atomic E-state index is 14.1. The zero-order valence-corrected chi connectivity index (χ0v) is 23.5. The van der Waals surface area contributed by atoms with Crippen LogP contribution in [0.25, 0.3) is 5.57 Å². The highest BCUT2D eigenvalue weighted by atomic mass is 16.5. The van der Waals surface area contributed by atoms with Crippen molar-refractivity contribution in [3.8, 4) is 0 Å². The van der Waals surface area contributed by atoms with E-state index >= 15 is 0 Å². The van der Waals surface area contributed by atoms with Gasteiger partial charge in [0.05, 0.1) is 17.8 Å². The number of rotatable bonds is 8. The molecular weight excluding hydrogens is 492 g/mol. The first-order chi connectivity index (χ1) is 18.9.